The third kappa shape index (κ3) is 7.86. The van der Waals surface area contributed by atoms with Crippen LogP contribution < -0.4 is 20.1 Å². The SMILES string of the molecule is COCCNCCS(=O)(=O)NC1(CCC(C)C)C(=O)C(C2=NS(O)(O)c3cc(NS(C)(=O)=O)ccc3N2)=C(O)c2ccccc21. The number of ether oxygens (including phenoxy) is 1. The van der Waals surface area contributed by atoms with Gasteiger partial charge in [-0.15, -0.1) is 4.40 Å². The van der Waals surface area contributed by atoms with Crippen molar-refractivity contribution in [3.05, 3.63) is 59.2 Å². The summed E-state index contributed by atoms with van der Waals surface area (Å²) in [4.78, 5) is 14.5. The van der Waals surface area contributed by atoms with Gasteiger partial charge in [0, 0.05) is 25.8 Å². The highest BCUT2D eigenvalue weighted by atomic mass is 32.3. The molecule has 0 aromatic heterocycles. The van der Waals surface area contributed by atoms with Crippen LogP contribution in [0.5, 0.6) is 0 Å². The molecule has 4 rings (SSSR count). The molecule has 1 atom stereocenters. The number of aliphatic hydroxyl groups excluding tert-OH is 1. The molecule has 7 N–H and O–H groups in total. The number of nitrogens with one attached hydrogen (secondary N) is 4. The fourth-order valence-corrected chi connectivity index (χ4v) is 8.25. The number of carbonyl (C=O) groups excluding carboxylic acids is 1. The Morgan fingerprint density at radius 1 is 1.09 bits per heavy atom. The molecule has 248 valence electrons. The highest BCUT2D eigenvalue weighted by molar-refractivity contribution is 8.23. The number of aliphatic hydroxyl groups is 1. The largest absolute Gasteiger partial charge is 0.506 e. The molecule has 0 radical (unpaired) electrons. The van der Waals surface area contributed by atoms with E-state index >= 15 is 0 Å². The first kappa shape index (κ1) is 34.8. The van der Waals surface area contributed by atoms with Gasteiger partial charge in [-0.2, -0.15) is 4.72 Å². The monoisotopic (exact) mass is 685 g/mol. The lowest BCUT2D eigenvalue weighted by Gasteiger charge is -2.41. The van der Waals surface area contributed by atoms with E-state index in [9.17, 15) is 35.8 Å². The van der Waals surface area contributed by atoms with Gasteiger partial charge in [0.05, 0.1) is 30.0 Å². The highest BCUT2D eigenvalue weighted by Gasteiger charge is 2.51. The second-order valence-electron chi connectivity index (χ2n) is 11.3. The number of amidine groups is 1. The zero-order chi connectivity index (χ0) is 33.2. The number of rotatable bonds is 14. The van der Waals surface area contributed by atoms with Crippen molar-refractivity contribution in [1.29, 1.82) is 0 Å². The average molecular weight is 686 g/mol. The van der Waals surface area contributed by atoms with Crippen LogP contribution in [0.15, 0.2) is 57.3 Å². The number of methoxy groups -OCH3 is 1. The minimum atomic E-state index is -4.10. The van der Waals surface area contributed by atoms with Crippen LogP contribution in [-0.2, 0) is 35.1 Å². The lowest BCUT2D eigenvalue weighted by Crippen LogP contribution is -2.56. The Morgan fingerprint density at radius 3 is 2.47 bits per heavy atom. The second-order valence-corrected chi connectivity index (χ2v) is 16.5. The average Bonchev–Trinajstić information content (AvgIpc) is 2.94. The Balaban J connectivity index is 1.82. The molecule has 2 aromatic carbocycles. The smallest absolute Gasteiger partial charge is 0.229 e. The number of sulfonamides is 2. The molecule has 0 spiro atoms. The first-order valence-electron chi connectivity index (χ1n) is 14.1. The fourth-order valence-electron chi connectivity index (χ4n) is 5.15. The predicted octanol–water partition coefficient (Wildman–Crippen LogP) is 3.25. The summed E-state index contributed by atoms with van der Waals surface area (Å²) in [6.45, 7) is 4.77. The first-order chi connectivity index (χ1) is 21.0. The van der Waals surface area contributed by atoms with E-state index in [1.807, 2.05) is 13.8 Å². The number of ketones is 1. The molecule has 14 nitrogen and oxygen atoms in total. The number of benzene rings is 2. The van der Waals surface area contributed by atoms with Crippen molar-refractivity contribution >= 4 is 59.6 Å². The van der Waals surface area contributed by atoms with Crippen LogP contribution in [0.25, 0.3) is 5.76 Å². The summed E-state index contributed by atoms with van der Waals surface area (Å²) in [5.74, 6) is -1.99. The van der Waals surface area contributed by atoms with Gasteiger partial charge in [-0.25, -0.2) is 16.8 Å². The predicted molar refractivity (Wildman–Crippen MR) is 175 cm³/mol. The van der Waals surface area contributed by atoms with Crippen LogP contribution in [0.1, 0.15) is 37.8 Å². The van der Waals surface area contributed by atoms with Crippen molar-refractivity contribution in [3.8, 4) is 0 Å². The summed E-state index contributed by atoms with van der Waals surface area (Å²) in [7, 11) is -10.3. The summed E-state index contributed by atoms with van der Waals surface area (Å²) in [5, 5.41) is 17.3. The van der Waals surface area contributed by atoms with Crippen LogP contribution in [0.4, 0.5) is 11.4 Å². The van der Waals surface area contributed by atoms with Gasteiger partial charge >= 0.3 is 0 Å². The maximum absolute atomic E-state index is 14.6. The molecule has 1 unspecified atom stereocenters. The molecule has 2 aromatic rings. The third-order valence-corrected chi connectivity index (χ3v) is 10.6. The van der Waals surface area contributed by atoms with Gasteiger partial charge in [0.15, 0.2) is 11.6 Å². The summed E-state index contributed by atoms with van der Waals surface area (Å²) < 4.78 is 86.5. The van der Waals surface area contributed by atoms with Crippen LogP contribution in [0.3, 0.4) is 0 Å². The molecule has 1 heterocycles. The normalized spacial score (nSPS) is 20.2. The molecule has 2 aliphatic rings. The van der Waals surface area contributed by atoms with Gasteiger partial charge in [-0.3, -0.25) is 18.6 Å². The Bertz CT molecular complexity index is 1740. The minimum absolute atomic E-state index is 0.0360. The van der Waals surface area contributed by atoms with E-state index in [1.165, 1.54) is 25.3 Å². The Kier molecular flexibility index (Phi) is 10.3. The summed E-state index contributed by atoms with van der Waals surface area (Å²) in [6, 6.07) is 10.3. The molecular formula is C28H39N5O9S3. The topological polar surface area (TPSA) is 216 Å². The Labute approximate surface area is 265 Å². The highest BCUT2D eigenvalue weighted by Crippen LogP contribution is 2.57. The van der Waals surface area contributed by atoms with E-state index < -0.39 is 53.5 Å². The van der Waals surface area contributed by atoms with E-state index in [2.05, 4.69) is 24.5 Å². The standard InChI is InChI=1S/C28H39N5O9S3/c1-18(2)11-12-28(33-44(38,39)16-14-29-13-15-42-3)21-8-6-5-7-20(21)25(34)24(26(28)35)27-30-22-10-9-19(31-43(4,36)37)17-23(22)45(40,41)32-27/h5-10,17-18,29,31,33-34,40-41H,11-16H2,1-4H3,(H,30,32). The van der Waals surface area contributed by atoms with Gasteiger partial charge in [0.2, 0.25) is 20.0 Å². The van der Waals surface area contributed by atoms with Gasteiger partial charge < -0.3 is 20.5 Å². The van der Waals surface area contributed by atoms with Gasteiger partial charge in [0.25, 0.3) is 0 Å². The van der Waals surface area contributed by atoms with E-state index in [-0.39, 0.29) is 57.9 Å². The van der Waals surface area contributed by atoms with Crippen LogP contribution >= 0.6 is 10.8 Å². The molecule has 0 saturated heterocycles. The molecule has 0 fully saturated rings. The number of nitrogens with zero attached hydrogens (tertiary/aromatic N) is 1. The van der Waals surface area contributed by atoms with E-state index in [0.29, 0.717) is 19.6 Å². The van der Waals surface area contributed by atoms with Gasteiger partial charge in [0.1, 0.15) is 21.8 Å². The van der Waals surface area contributed by atoms with Crippen LogP contribution in [0.2, 0.25) is 0 Å². The van der Waals surface area contributed by atoms with Crippen molar-refractivity contribution in [2.45, 2.75) is 37.1 Å². The van der Waals surface area contributed by atoms with Gasteiger partial charge in [-0.1, -0.05) is 48.9 Å². The van der Waals surface area contributed by atoms with Crippen molar-refractivity contribution < 1.29 is 40.6 Å². The zero-order valence-electron chi connectivity index (χ0n) is 25.3. The number of fused-ring (bicyclic) bond motifs is 2. The number of hydrogen-bond donors (Lipinski definition) is 7. The van der Waals surface area contributed by atoms with Gasteiger partial charge in [-0.05, 0) is 42.5 Å². The summed E-state index contributed by atoms with van der Waals surface area (Å²) in [6.07, 6.45) is 1.41. The quantitative estimate of drug-likeness (QED) is 0.143. The Hall–Kier alpha value is -3.03. The molecule has 1 aliphatic carbocycles. The summed E-state index contributed by atoms with van der Waals surface area (Å²) in [5.41, 5.74) is -1.70. The fraction of sp³-hybridized carbons (Fsp3) is 0.429. The lowest BCUT2D eigenvalue weighted by atomic mass is 9.72. The van der Waals surface area contributed by atoms with Crippen molar-refractivity contribution in [2.75, 3.05) is 48.9 Å². The lowest BCUT2D eigenvalue weighted by molar-refractivity contribution is -0.121. The number of carbonyl (C=O) groups is 1. The molecule has 45 heavy (non-hydrogen) atoms. The minimum Gasteiger partial charge on any atom is -0.506 e. The zero-order valence-corrected chi connectivity index (χ0v) is 27.8. The number of Topliss-reactive ketones (excluding diaryl/α,β-unsaturated/α-hetero) is 1. The third-order valence-electron chi connectivity index (χ3n) is 7.24. The molecule has 1 aliphatic heterocycles. The molecular weight excluding hydrogens is 647 g/mol. The van der Waals surface area contributed by atoms with Crippen molar-refractivity contribution in [2.24, 2.45) is 10.3 Å². The maximum Gasteiger partial charge on any atom is 0.229 e. The molecule has 0 amide bonds. The van der Waals surface area contributed by atoms with E-state index in [1.54, 1.807) is 24.3 Å². The Morgan fingerprint density at radius 2 is 1.80 bits per heavy atom. The molecule has 17 heteroatoms. The second kappa shape index (κ2) is 13.4. The van der Waals surface area contributed by atoms with E-state index in [4.69, 9.17) is 4.74 Å². The number of hydrogen-bond acceptors (Lipinski definition) is 12. The van der Waals surface area contributed by atoms with Crippen LogP contribution in [-0.4, -0.2) is 81.5 Å². The molecule has 0 bridgehead atoms. The van der Waals surface area contributed by atoms with Crippen molar-refractivity contribution in [3.63, 3.8) is 0 Å². The maximum atomic E-state index is 14.6. The van der Waals surface area contributed by atoms with Crippen molar-refractivity contribution in [1.82, 2.24) is 10.0 Å². The molecule has 0 saturated carbocycles. The first-order valence-corrected chi connectivity index (χ1v) is 19.1. The summed E-state index contributed by atoms with van der Waals surface area (Å²) >= 11 is 0. The number of anilines is 2. The van der Waals surface area contributed by atoms with E-state index in [0.717, 1.165) is 6.26 Å². The van der Waals surface area contributed by atoms with Crippen LogP contribution in [0, 0.1) is 5.92 Å².